The maximum Gasteiger partial charge on any atom is 0.0794 e. The van der Waals surface area contributed by atoms with Crippen LogP contribution in [0, 0.1) is 0 Å². The normalized spacial score (nSPS) is 40.9. The Bertz CT molecular complexity index is 145. The Morgan fingerprint density at radius 1 is 1.09 bits per heavy atom. The van der Waals surface area contributed by atoms with Gasteiger partial charge in [-0.15, -0.1) is 0 Å². The number of nitrogens with zero attached hydrogens (tertiary/aromatic N) is 1. The Kier molecular flexibility index (Phi) is 1.87. The molecule has 0 spiro atoms. The molecule has 0 aromatic carbocycles. The summed E-state index contributed by atoms with van der Waals surface area (Å²) in [5.74, 6) is 0. The molecule has 1 heterocycles. The molecule has 2 unspecified atom stereocenters. The van der Waals surface area contributed by atoms with E-state index >= 15 is 0 Å². The van der Waals surface area contributed by atoms with Gasteiger partial charge in [0.05, 0.1) is 12.2 Å². The van der Waals surface area contributed by atoms with E-state index in [0.717, 1.165) is 32.4 Å². The zero-order valence-electron chi connectivity index (χ0n) is 6.61. The predicted molar refractivity (Wildman–Crippen MR) is 41.2 cm³/mol. The first kappa shape index (κ1) is 7.53. The Hall–Kier alpha value is -0.120. The van der Waals surface area contributed by atoms with Gasteiger partial charge in [-0.1, -0.05) is 0 Å². The number of β-amino-alcohol motifs (C(OH)–C–C–N with tert-alkyl or cyclic N) is 1. The standard InChI is InChI=1S/C8H15NO2/c10-6-4-9(5-6)7-2-1-3-8(7)11/h6-8,10-11H,1-5H2. The third kappa shape index (κ3) is 1.28. The second kappa shape index (κ2) is 2.73. The number of aliphatic hydroxyl groups is 2. The number of likely N-dealkylation sites (tertiary alicyclic amines) is 1. The van der Waals surface area contributed by atoms with Crippen LogP contribution < -0.4 is 0 Å². The van der Waals surface area contributed by atoms with Gasteiger partial charge in [-0.05, 0) is 19.3 Å². The maximum atomic E-state index is 9.49. The van der Waals surface area contributed by atoms with Crippen molar-refractivity contribution in [1.82, 2.24) is 4.90 Å². The molecule has 2 aliphatic rings. The minimum absolute atomic E-state index is 0.136. The molecule has 1 aliphatic heterocycles. The molecule has 0 amide bonds. The molecule has 1 saturated heterocycles. The van der Waals surface area contributed by atoms with Crippen molar-refractivity contribution < 1.29 is 10.2 Å². The molecule has 0 bridgehead atoms. The summed E-state index contributed by atoms with van der Waals surface area (Å²) in [4.78, 5) is 2.18. The fourth-order valence-corrected chi connectivity index (χ4v) is 2.11. The molecule has 0 aromatic heterocycles. The Balaban J connectivity index is 1.85. The van der Waals surface area contributed by atoms with Gasteiger partial charge in [0.15, 0.2) is 0 Å². The van der Waals surface area contributed by atoms with Gasteiger partial charge in [0, 0.05) is 19.1 Å². The molecule has 2 rings (SSSR count). The van der Waals surface area contributed by atoms with Gasteiger partial charge in [0.2, 0.25) is 0 Å². The molecule has 0 aromatic rings. The molecule has 3 heteroatoms. The summed E-state index contributed by atoms with van der Waals surface area (Å²) < 4.78 is 0. The summed E-state index contributed by atoms with van der Waals surface area (Å²) in [5, 5.41) is 18.5. The van der Waals surface area contributed by atoms with Crippen LogP contribution in [0.25, 0.3) is 0 Å². The second-order valence-electron chi connectivity index (χ2n) is 3.67. The first-order valence-electron chi connectivity index (χ1n) is 4.37. The van der Waals surface area contributed by atoms with Gasteiger partial charge in [0.1, 0.15) is 0 Å². The highest BCUT2D eigenvalue weighted by atomic mass is 16.3. The van der Waals surface area contributed by atoms with E-state index in [4.69, 9.17) is 5.11 Å². The second-order valence-corrected chi connectivity index (χ2v) is 3.67. The topological polar surface area (TPSA) is 43.7 Å². The van der Waals surface area contributed by atoms with Crippen molar-refractivity contribution in [3.05, 3.63) is 0 Å². The van der Waals surface area contributed by atoms with Gasteiger partial charge in [-0.3, -0.25) is 4.90 Å². The average Bonchev–Trinajstić information content (AvgIpc) is 2.29. The Labute approximate surface area is 66.6 Å². The van der Waals surface area contributed by atoms with Crippen LogP contribution in [0.1, 0.15) is 19.3 Å². The third-order valence-electron chi connectivity index (χ3n) is 2.80. The SMILES string of the molecule is OC1CN(C2CCCC2O)C1. The highest BCUT2D eigenvalue weighted by molar-refractivity contribution is 4.91. The lowest BCUT2D eigenvalue weighted by atomic mass is 10.1. The zero-order chi connectivity index (χ0) is 7.84. The van der Waals surface area contributed by atoms with E-state index in [-0.39, 0.29) is 12.2 Å². The van der Waals surface area contributed by atoms with Crippen LogP contribution in [0.5, 0.6) is 0 Å². The highest BCUT2D eigenvalue weighted by Gasteiger charge is 2.37. The van der Waals surface area contributed by atoms with Gasteiger partial charge >= 0.3 is 0 Å². The van der Waals surface area contributed by atoms with Crippen molar-refractivity contribution in [2.75, 3.05) is 13.1 Å². The lowest BCUT2D eigenvalue weighted by Gasteiger charge is -2.41. The zero-order valence-corrected chi connectivity index (χ0v) is 6.61. The summed E-state index contributed by atoms with van der Waals surface area (Å²) in [6.45, 7) is 1.53. The minimum Gasteiger partial charge on any atom is -0.391 e. The van der Waals surface area contributed by atoms with Crippen molar-refractivity contribution in [1.29, 1.82) is 0 Å². The van der Waals surface area contributed by atoms with E-state index in [1.54, 1.807) is 0 Å². The van der Waals surface area contributed by atoms with Crippen LogP contribution in [0.4, 0.5) is 0 Å². The molecule has 64 valence electrons. The lowest BCUT2D eigenvalue weighted by Crippen LogP contribution is -2.57. The van der Waals surface area contributed by atoms with Gasteiger partial charge in [-0.25, -0.2) is 0 Å². The van der Waals surface area contributed by atoms with Crippen LogP contribution in [-0.2, 0) is 0 Å². The number of hydrogen-bond acceptors (Lipinski definition) is 3. The van der Waals surface area contributed by atoms with E-state index in [1.807, 2.05) is 0 Å². The summed E-state index contributed by atoms with van der Waals surface area (Å²) in [6.07, 6.45) is 2.91. The lowest BCUT2D eigenvalue weighted by molar-refractivity contribution is -0.0506. The quantitative estimate of drug-likeness (QED) is 0.543. The summed E-state index contributed by atoms with van der Waals surface area (Å²) in [7, 11) is 0. The molecular weight excluding hydrogens is 142 g/mol. The summed E-state index contributed by atoms with van der Waals surface area (Å²) in [5.41, 5.74) is 0. The molecule has 11 heavy (non-hydrogen) atoms. The van der Waals surface area contributed by atoms with Crippen LogP contribution in [0.2, 0.25) is 0 Å². The summed E-state index contributed by atoms with van der Waals surface area (Å²) >= 11 is 0. The number of rotatable bonds is 1. The molecule has 2 fully saturated rings. The molecule has 2 atom stereocenters. The van der Waals surface area contributed by atoms with Crippen LogP contribution in [0.15, 0.2) is 0 Å². The number of aliphatic hydroxyl groups excluding tert-OH is 2. The fourth-order valence-electron chi connectivity index (χ4n) is 2.11. The van der Waals surface area contributed by atoms with Crippen LogP contribution in [-0.4, -0.2) is 46.5 Å². The molecule has 1 aliphatic carbocycles. The van der Waals surface area contributed by atoms with E-state index in [9.17, 15) is 5.11 Å². The maximum absolute atomic E-state index is 9.49. The number of hydrogen-bond donors (Lipinski definition) is 2. The predicted octanol–water partition coefficient (Wildman–Crippen LogP) is -0.424. The molecule has 0 radical (unpaired) electrons. The van der Waals surface area contributed by atoms with E-state index in [2.05, 4.69) is 4.90 Å². The van der Waals surface area contributed by atoms with Crippen LogP contribution in [0.3, 0.4) is 0 Å². The van der Waals surface area contributed by atoms with Gasteiger partial charge in [0.25, 0.3) is 0 Å². The smallest absolute Gasteiger partial charge is 0.0794 e. The Morgan fingerprint density at radius 2 is 1.82 bits per heavy atom. The average molecular weight is 157 g/mol. The van der Waals surface area contributed by atoms with Gasteiger partial charge in [-0.2, -0.15) is 0 Å². The van der Waals surface area contributed by atoms with Crippen LogP contribution >= 0.6 is 0 Å². The first-order chi connectivity index (χ1) is 5.27. The molecule has 3 nitrogen and oxygen atoms in total. The van der Waals surface area contributed by atoms with Gasteiger partial charge < -0.3 is 10.2 Å². The Morgan fingerprint density at radius 3 is 2.27 bits per heavy atom. The summed E-state index contributed by atoms with van der Waals surface area (Å²) in [6, 6.07) is 0.346. The monoisotopic (exact) mass is 157 g/mol. The van der Waals surface area contributed by atoms with Crippen molar-refractivity contribution in [3.8, 4) is 0 Å². The van der Waals surface area contributed by atoms with Crippen molar-refractivity contribution in [3.63, 3.8) is 0 Å². The molecule has 1 saturated carbocycles. The molecular formula is C8H15NO2. The van der Waals surface area contributed by atoms with E-state index in [1.165, 1.54) is 0 Å². The van der Waals surface area contributed by atoms with E-state index in [0.29, 0.717) is 6.04 Å². The van der Waals surface area contributed by atoms with Crippen molar-refractivity contribution in [2.45, 2.75) is 37.5 Å². The fraction of sp³-hybridized carbons (Fsp3) is 1.00. The molecule has 2 N–H and O–H groups in total. The minimum atomic E-state index is -0.137. The highest BCUT2D eigenvalue weighted by Crippen LogP contribution is 2.27. The van der Waals surface area contributed by atoms with E-state index < -0.39 is 0 Å². The van der Waals surface area contributed by atoms with Crippen molar-refractivity contribution >= 4 is 0 Å². The third-order valence-corrected chi connectivity index (χ3v) is 2.80. The van der Waals surface area contributed by atoms with Crippen molar-refractivity contribution in [2.24, 2.45) is 0 Å². The largest absolute Gasteiger partial charge is 0.391 e. The first-order valence-corrected chi connectivity index (χ1v) is 4.37.